The molecule has 1 saturated carbocycles. The summed E-state index contributed by atoms with van der Waals surface area (Å²) < 4.78 is 58.2. The van der Waals surface area contributed by atoms with Crippen molar-refractivity contribution in [2.75, 3.05) is 24.7 Å². The number of alkyl halides is 1. The van der Waals surface area contributed by atoms with E-state index in [4.69, 9.17) is 62.2 Å². The number of fused-ring (bicyclic) bond motifs is 3. The predicted molar refractivity (Wildman–Crippen MR) is 220 cm³/mol. The lowest BCUT2D eigenvalue weighted by Gasteiger charge is -2.39. The smallest absolute Gasteiger partial charge is 0.324 e. The molecule has 0 aromatic carbocycles. The second kappa shape index (κ2) is 14.6. The number of ether oxygens (including phenoxy) is 2. The number of hydrogen-bond donors (Lipinski definition) is 4. The second-order valence-corrected chi connectivity index (χ2v) is 30.6. The molecule has 6 N–H and O–H groups in total. The fourth-order valence-electron chi connectivity index (χ4n) is 6.81. The third kappa shape index (κ3) is 7.97. The van der Waals surface area contributed by atoms with Gasteiger partial charge in [0, 0.05) is 5.92 Å². The summed E-state index contributed by atoms with van der Waals surface area (Å²) >= 11 is 11.8. The maximum atomic E-state index is 16.7. The highest BCUT2D eigenvalue weighted by atomic mass is 35.5. The summed E-state index contributed by atoms with van der Waals surface area (Å²) in [6.07, 6.45) is -4.20. The molecule has 6 unspecified atom stereocenters. The number of nitrogen functional groups attached to an aromatic ring is 2. The van der Waals surface area contributed by atoms with Gasteiger partial charge in [-0.05, 0) is 59.7 Å². The van der Waals surface area contributed by atoms with Gasteiger partial charge in [-0.15, -0.1) is 0 Å². The summed E-state index contributed by atoms with van der Waals surface area (Å²) in [6, 6.07) is -0.307. The van der Waals surface area contributed by atoms with Gasteiger partial charge in [0.1, 0.15) is 29.9 Å². The van der Waals surface area contributed by atoms with Gasteiger partial charge in [-0.3, -0.25) is 14.3 Å². The number of imidazole rings is 2. The first-order chi connectivity index (χ1) is 26.3. The minimum atomic E-state index is -4.09. The van der Waals surface area contributed by atoms with Crippen LogP contribution in [0.25, 0.3) is 22.3 Å². The van der Waals surface area contributed by atoms with Crippen molar-refractivity contribution in [2.24, 2.45) is 5.92 Å². The lowest BCUT2D eigenvalue weighted by Crippen LogP contribution is -2.49. The number of H-pyrrole nitrogens is 1. The molecule has 10 atom stereocenters. The maximum Gasteiger partial charge on any atom is 0.324 e. The van der Waals surface area contributed by atoms with Crippen molar-refractivity contribution in [1.29, 1.82) is 0 Å². The zero-order valence-corrected chi connectivity index (χ0v) is 37.9. The molecule has 7 rings (SSSR count). The summed E-state index contributed by atoms with van der Waals surface area (Å²) in [7, 11) is -4.84. The van der Waals surface area contributed by atoms with Crippen molar-refractivity contribution in [2.45, 2.75) is 127 Å². The van der Waals surface area contributed by atoms with Crippen LogP contribution in [0.4, 0.5) is 16.2 Å². The Hall–Kier alpha value is -2.48. The van der Waals surface area contributed by atoms with E-state index in [9.17, 15) is 9.69 Å². The molecule has 4 aromatic heterocycles. The van der Waals surface area contributed by atoms with E-state index in [1.807, 2.05) is 38.4 Å². The highest BCUT2D eigenvalue weighted by Gasteiger charge is 2.67. The van der Waals surface area contributed by atoms with Gasteiger partial charge in [0.2, 0.25) is 11.2 Å². The molecule has 3 fully saturated rings. The number of hydrogen-bond acceptors (Lipinski definition) is 15. The molecule has 2 saturated heterocycles. The fraction of sp³-hybridized carbons (Fsp3) is 0.697. The number of halogens is 2. The fourth-order valence-corrected chi connectivity index (χ4v) is 10.8. The first-order valence-electron chi connectivity index (χ1n) is 18.6. The van der Waals surface area contributed by atoms with E-state index in [0.717, 1.165) is 0 Å². The van der Waals surface area contributed by atoms with Crippen LogP contribution in [0.1, 0.15) is 53.8 Å². The first-order valence-corrected chi connectivity index (χ1v) is 27.4. The van der Waals surface area contributed by atoms with Gasteiger partial charge < -0.3 is 48.3 Å². The number of nitrogens with two attached hydrogens (primary N) is 2. The van der Waals surface area contributed by atoms with Crippen LogP contribution in [0, 0.1) is 5.92 Å². The molecular formula is C33H51ClFN10O8PSSi2. The van der Waals surface area contributed by atoms with Crippen molar-refractivity contribution in [1.82, 2.24) is 39.0 Å². The van der Waals surface area contributed by atoms with E-state index < -0.39 is 65.7 Å². The standard InChI is InChI=1S/C33H51ClFN10O8PSSi2/c1-32(2,3)56(7,8)49-12-16-22(17-21(24(17)50-16)44-13-38-19-25(36)40-30(34)41-26(19)44)52-54(47,55)48-11-15-23(53-57(9,10)33(4,5)6)18(35)29(51-15)45-14-39-20-27(45)42-31(37)43-28(20)46/h13-18,21-24,29H,11-12H2,1-10H3,(H,47,55)(H2,36,40,41)(H3,37,42,43,46)/t15-,16-,17?,18?,21+,22?,23?,24?,29-,54?/m1/s1. The van der Waals surface area contributed by atoms with Crippen molar-refractivity contribution in [3.63, 3.8) is 0 Å². The molecule has 1 aliphatic carbocycles. The number of anilines is 2. The molecule has 3 aliphatic rings. The largest absolute Gasteiger partial charge is 0.414 e. The summed E-state index contributed by atoms with van der Waals surface area (Å²) in [4.78, 5) is 47.8. The van der Waals surface area contributed by atoms with E-state index >= 15 is 4.39 Å². The monoisotopic (exact) mass is 888 g/mol. The van der Waals surface area contributed by atoms with Crippen LogP contribution >= 0.6 is 18.3 Å². The Labute approximate surface area is 341 Å². The minimum absolute atomic E-state index is 0.0285. The lowest BCUT2D eigenvalue weighted by molar-refractivity contribution is -0.0506. The molecule has 4 aromatic rings. The molecule has 0 bridgehead atoms. The third-order valence-electron chi connectivity index (χ3n) is 12.1. The van der Waals surface area contributed by atoms with Crippen molar-refractivity contribution in [3.05, 3.63) is 28.3 Å². The number of nitrogens with zero attached hydrogens (tertiary/aromatic N) is 7. The zero-order chi connectivity index (χ0) is 41.8. The molecule has 2 aliphatic heterocycles. The van der Waals surface area contributed by atoms with Crippen LogP contribution in [-0.4, -0.2) is 110 Å². The number of aromatic nitrogens is 8. The van der Waals surface area contributed by atoms with Gasteiger partial charge in [0.25, 0.3) is 5.56 Å². The van der Waals surface area contributed by atoms with E-state index in [1.165, 1.54) is 10.9 Å². The van der Waals surface area contributed by atoms with Crippen LogP contribution in [0.2, 0.25) is 41.5 Å². The summed E-state index contributed by atoms with van der Waals surface area (Å²) in [5.41, 5.74) is 12.1. The van der Waals surface area contributed by atoms with Gasteiger partial charge in [-0.1, -0.05) is 41.5 Å². The Kier molecular flexibility index (Phi) is 10.9. The van der Waals surface area contributed by atoms with E-state index in [1.54, 1.807) is 6.33 Å². The van der Waals surface area contributed by atoms with Gasteiger partial charge in [0.15, 0.2) is 51.7 Å². The average molecular weight is 889 g/mol. The van der Waals surface area contributed by atoms with Crippen LogP contribution < -0.4 is 17.0 Å². The van der Waals surface area contributed by atoms with Crippen molar-refractivity contribution >= 4 is 80.9 Å². The average Bonchev–Trinajstić information content (AvgIpc) is 3.46. The van der Waals surface area contributed by atoms with Crippen LogP contribution in [0.3, 0.4) is 0 Å². The molecular weight excluding hydrogens is 838 g/mol. The number of nitrogens with one attached hydrogen (secondary N) is 1. The molecule has 0 amide bonds. The first kappa shape index (κ1) is 42.6. The van der Waals surface area contributed by atoms with Gasteiger partial charge in [-0.25, -0.2) is 14.4 Å². The van der Waals surface area contributed by atoms with E-state index in [-0.39, 0.29) is 69.6 Å². The van der Waals surface area contributed by atoms with Crippen molar-refractivity contribution < 1.29 is 36.7 Å². The number of rotatable bonds is 12. The van der Waals surface area contributed by atoms with E-state index in [2.05, 4.69) is 63.8 Å². The Bertz CT molecular complexity index is 2290. The summed E-state index contributed by atoms with van der Waals surface area (Å²) in [6.45, 7) is 16.5. The highest BCUT2D eigenvalue weighted by molar-refractivity contribution is 8.07. The van der Waals surface area contributed by atoms with Crippen molar-refractivity contribution in [3.8, 4) is 0 Å². The molecule has 24 heteroatoms. The quantitative estimate of drug-likeness (QED) is 0.0834. The van der Waals surface area contributed by atoms with Gasteiger partial charge in [0.05, 0.1) is 38.0 Å². The molecule has 314 valence electrons. The predicted octanol–water partition coefficient (Wildman–Crippen LogP) is 4.98. The summed E-state index contributed by atoms with van der Waals surface area (Å²) in [5, 5.41) is -0.394. The molecule has 57 heavy (non-hydrogen) atoms. The number of aromatic amines is 1. The van der Waals surface area contributed by atoms with Gasteiger partial charge >= 0.3 is 6.72 Å². The Morgan fingerprint density at radius 2 is 1.56 bits per heavy atom. The molecule has 0 spiro atoms. The zero-order valence-electron chi connectivity index (χ0n) is 33.5. The lowest BCUT2D eigenvalue weighted by atomic mass is 10.1. The SMILES string of the molecule is CC(C)(C)[Si](C)(C)OC[C@H]1OC2C(C1OP(O)(=S)OC[C@H]1O[C@@H](n3cnc4c(=O)[nH]c(N)nc43)C(F)C1O[Si](C)(C)C(C)(C)C)[C@@H]2n1cnc2c(N)nc(Cl)nc21. The third-order valence-corrected chi connectivity index (χ3v) is 22.8. The Morgan fingerprint density at radius 3 is 2.23 bits per heavy atom. The molecule has 6 heterocycles. The molecule has 18 nitrogen and oxygen atoms in total. The van der Waals surface area contributed by atoms with E-state index in [0.29, 0.717) is 11.2 Å². The Balaban J connectivity index is 1.14. The van der Waals surface area contributed by atoms with Crippen LogP contribution in [0.5, 0.6) is 0 Å². The maximum absolute atomic E-state index is 16.7. The van der Waals surface area contributed by atoms with Crippen LogP contribution in [-0.2, 0) is 39.2 Å². The van der Waals surface area contributed by atoms with Crippen LogP contribution in [0.15, 0.2) is 17.4 Å². The topological polar surface area (TPSA) is 235 Å². The normalized spacial score (nSPS) is 29.3. The minimum Gasteiger partial charge on any atom is -0.414 e. The Morgan fingerprint density at radius 1 is 0.947 bits per heavy atom. The second-order valence-electron chi connectivity index (χ2n) is 17.9. The molecule has 0 radical (unpaired) electrons. The van der Waals surface area contributed by atoms with Gasteiger partial charge in [-0.2, -0.15) is 15.0 Å². The highest BCUT2D eigenvalue weighted by Crippen LogP contribution is 2.61. The summed E-state index contributed by atoms with van der Waals surface area (Å²) in [5.74, 6) is -0.333.